The van der Waals surface area contributed by atoms with Gasteiger partial charge in [-0.25, -0.2) is 9.37 Å². The second kappa shape index (κ2) is 9.53. The minimum absolute atomic E-state index is 0.00481. The second-order valence-corrected chi connectivity index (χ2v) is 7.38. The van der Waals surface area contributed by atoms with Crippen LogP contribution in [0.2, 0.25) is 5.02 Å². The standard InChI is InChI=1S/C19H17ClFN5O2S/c20-13-3-1-12(2-4-13)18-23-19(25-24-18)29-11-17(28)26(10-9-16(22)27)15-7-5-14(21)6-8-15/h1-8H,9-11H2,(H2,22,27)(H,23,24,25). The molecule has 0 aliphatic rings. The van der Waals surface area contributed by atoms with Crippen LogP contribution in [0.5, 0.6) is 0 Å². The number of nitrogens with two attached hydrogens (primary N) is 1. The van der Waals surface area contributed by atoms with Crippen LogP contribution >= 0.6 is 23.4 Å². The lowest BCUT2D eigenvalue weighted by Crippen LogP contribution is -2.35. The first-order valence-electron chi connectivity index (χ1n) is 8.58. The number of carbonyl (C=O) groups excluding carboxylic acids is 2. The van der Waals surface area contributed by atoms with Crippen LogP contribution in [0, 0.1) is 5.82 Å². The van der Waals surface area contributed by atoms with Gasteiger partial charge in [0.25, 0.3) is 0 Å². The maximum absolute atomic E-state index is 13.2. The molecule has 3 N–H and O–H groups in total. The highest BCUT2D eigenvalue weighted by molar-refractivity contribution is 7.99. The number of amides is 2. The highest BCUT2D eigenvalue weighted by Crippen LogP contribution is 2.22. The minimum Gasteiger partial charge on any atom is -0.370 e. The van der Waals surface area contributed by atoms with Gasteiger partial charge in [0.05, 0.1) is 5.75 Å². The molecule has 10 heteroatoms. The average Bonchev–Trinajstić information content (AvgIpc) is 3.17. The lowest BCUT2D eigenvalue weighted by Gasteiger charge is -2.22. The maximum atomic E-state index is 13.2. The van der Waals surface area contributed by atoms with E-state index in [1.54, 1.807) is 12.1 Å². The Hall–Kier alpha value is -2.91. The summed E-state index contributed by atoms with van der Waals surface area (Å²) >= 11 is 7.03. The first-order valence-corrected chi connectivity index (χ1v) is 9.94. The molecule has 0 radical (unpaired) electrons. The number of primary amides is 1. The van der Waals surface area contributed by atoms with E-state index in [2.05, 4.69) is 15.2 Å². The Balaban J connectivity index is 1.67. The average molecular weight is 434 g/mol. The van der Waals surface area contributed by atoms with Gasteiger partial charge in [-0.3, -0.25) is 14.7 Å². The van der Waals surface area contributed by atoms with Gasteiger partial charge in [-0.1, -0.05) is 23.4 Å². The van der Waals surface area contributed by atoms with Crippen LogP contribution in [0.4, 0.5) is 10.1 Å². The summed E-state index contributed by atoms with van der Waals surface area (Å²) in [6.07, 6.45) is -0.00481. The number of nitrogens with zero attached hydrogens (tertiary/aromatic N) is 3. The zero-order valence-electron chi connectivity index (χ0n) is 15.1. The molecule has 150 valence electrons. The van der Waals surface area contributed by atoms with Crippen molar-refractivity contribution in [3.8, 4) is 11.4 Å². The number of aromatic nitrogens is 3. The molecule has 7 nitrogen and oxygen atoms in total. The van der Waals surface area contributed by atoms with Gasteiger partial charge in [-0.15, -0.1) is 5.10 Å². The van der Waals surface area contributed by atoms with E-state index in [4.69, 9.17) is 17.3 Å². The van der Waals surface area contributed by atoms with Crippen molar-refractivity contribution in [1.82, 2.24) is 15.2 Å². The Labute approximate surface area is 175 Å². The molecule has 0 bridgehead atoms. The number of benzene rings is 2. The van der Waals surface area contributed by atoms with Crippen LogP contribution in [-0.2, 0) is 9.59 Å². The van der Waals surface area contributed by atoms with Crippen molar-refractivity contribution in [3.63, 3.8) is 0 Å². The van der Waals surface area contributed by atoms with Crippen molar-refractivity contribution in [2.45, 2.75) is 11.6 Å². The summed E-state index contributed by atoms with van der Waals surface area (Å²) in [6.45, 7) is 0.102. The van der Waals surface area contributed by atoms with E-state index in [-0.39, 0.29) is 24.6 Å². The molecule has 0 atom stereocenters. The SMILES string of the molecule is NC(=O)CCN(C(=O)CSc1n[nH]c(-c2ccc(Cl)cc2)n1)c1ccc(F)cc1. The lowest BCUT2D eigenvalue weighted by atomic mass is 10.2. The first kappa shape index (κ1) is 20.8. The molecule has 0 aliphatic carbocycles. The zero-order chi connectivity index (χ0) is 20.8. The quantitative estimate of drug-likeness (QED) is 0.530. The maximum Gasteiger partial charge on any atom is 0.237 e. The Bertz CT molecular complexity index is 995. The number of halogens is 2. The lowest BCUT2D eigenvalue weighted by molar-refractivity contribution is -0.118. The van der Waals surface area contributed by atoms with Crippen LogP contribution in [0.25, 0.3) is 11.4 Å². The van der Waals surface area contributed by atoms with Crippen molar-refractivity contribution in [2.75, 3.05) is 17.2 Å². The molecule has 29 heavy (non-hydrogen) atoms. The van der Waals surface area contributed by atoms with Crippen molar-refractivity contribution in [3.05, 3.63) is 59.4 Å². The van der Waals surface area contributed by atoms with E-state index in [0.29, 0.717) is 21.7 Å². The van der Waals surface area contributed by atoms with Crippen molar-refractivity contribution < 1.29 is 14.0 Å². The summed E-state index contributed by atoms with van der Waals surface area (Å²) in [5, 5.41) is 7.94. The summed E-state index contributed by atoms with van der Waals surface area (Å²) in [6, 6.07) is 12.6. The summed E-state index contributed by atoms with van der Waals surface area (Å²) in [5.41, 5.74) is 6.50. The number of carbonyl (C=O) groups is 2. The molecular weight excluding hydrogens is 417 g/mol. The number of aromatic amines is 1. The first-order chi connectivity index (χ1) is 13.9. The van der Waals surface area contributed by atoms with Gasteiger partial charge in [0, 0.05) is 29.2 Å². The van der Waals surface area contributed by atoms with Crippen LogP contribution in [0.3, 0.4) is 0 Å². The smallest absolute Gasteiger partial charge is 0.237 e. The molecule has 0 spiro atoms. The predicted octanol–water partition coefficient (Wildman–Crippen LogP) is 3.26. The predicted molar refractivity (Wildman–Crippen MR) is 110 cm³/mol. The van der Waals surface area contributed by atoms with Crippen LogP contribution in [-0.4, -0.2) is 39.3 Å². The van der Waals surface area contributed by atoms with Crippen LogP contribution < -0.4 is 10.6 Å². The third-order valence-corrected chi connectivity index (χ3v) is 5.01. The largest absolute Gasteiger partial charge is 0.370 e. The number of H-pyrrole nitrogens is 1. The summed E-state index contributed by atoms with van der Waals surface area (Å²) in [4.78, 5) is 29.6. The number of anilines is 1. The van der Waals surface area contributed by atoms with E-state index < -0.39 is 11.7 Å². The fourth-order valence-electron chi connectivity index (χ4n) is 2.49. The molecule has 1 aromatic heterocycles. The molecule has 0 saturated heterocycles. The van der Waals surface area contributed by atoms with Gasteiger partial charge in [-0.2, -0.15) is 0 Å². The normalized spacial score (nSPS) is 10.7. The third-order valence-electron chi connectivity index (χ3n) is 3.93. The number of thioether (sulfide) groups is 1. The van der Waals surface area contributed by atoms with Crippen LogP contribution in [0.15, 0.2) is 53.7 Å². The van der Waals surface area contributed by atoms with Gasteiger partial charge >= 0.3 is 0 Å². The number of rotatable bonds is 8. The zero-order valence-corrected chi connectivity index (χ0v) is 16.7. The Kier molecular flexibility index (Phi) is 6.84. The summed E-state index contributed by atoms with van der Waals surface area (Å²) < 4.78 is 13.2. The molecule has 0 saturated carbocycles. The molecular formula is C19H17ClFN5O2S. The Morgan fingerprint density at radius 1 is 1.14 bits per heavy atom. The van der Waals surface area contributed by atoms with Gasteiger partial charge in [-0.05, 0) is 48.5 Å². The Morgan fingerprint density at radius 2 is 1.83 bits per heavy atom. The van der Waals surface area contributed by atoms with E-state index in [1.165, 1.54) is 29.2 Å². The third kappa shape index (κ3) is 5.78. The number of nitrogens with one attached hydrogen (secondary N) is 1. The highest BCUT2D eigenvalue weighted by atomic mass is 35.5. The fraction of sp³-hybridized carbons (Fsp3) is 0.158. The molecule has 1 heterocycles. The van der Waals surface area contributed by atoms with Gasteiger partial charge < -0.3 is 10.6 Å². The number of hydrogen-bond acceptors (Lipinski definition) is 5. The monoisotopic (exact) mass is 433 g/mol. The topological polar surface area (TPSA) is 105 Å². The Morgan fingerprint density at radius 3 is 2.48 bits per heavy atom. The number of hydrogen-bond donors (Lipinski definition) is 2. The molecule has 0 unspecified atom stereocenters. The molecule has 0 fully saturated rings. The molecule has 0 aliphatic heterocycles. The van der Waals surface area contributed by atoms with Crippen molar-refractivity contribution in [2.24, 2.45) is 5.73 Å². The van der Waals surface area contributed by atoms with E-state index >= 15 is 0 Å². The van der Waals surface area contributed by atoms with E-state index in [1.807, 2.05) is 12.1 Å². The van der Waals surface area contributed by atoms with Gasteiger partial charge in [0.15, 0.2) is 5.82 Å². The minimum atomic E-state index is -0.529. The molecule has 3 rings (SSSR count). The fourth-order valence-corrected chi connectivity index (χ4v) is 3.29. The van der Waals surface area contributed by atoms with E-state index in [9.17, 15) is 14.0 Å². The molecule has 2 amide bonds. The van der Waals surface area contributed by atoms with Crippen LogP contribution in [0.1, 0.15) is 6.42 Å². The second-order valence-electron chi connectivity index (χ2n) is 6.00. The van der Waals surface area contributed by atoms with Gasteiger partial charge in [0.2, 0.25) is 17.0 Å². The highest BCUT2D eigenvalue weighted by Gasteiger charge is 2.18. The van der Waals surface area contributed by atoms with Crippen molar-refractivity contribution >= 4 is 40.9 Å². The summed E-state index contributed by atoms with van der Waals surface area (Å²) in [5.74, 6) is -0.630. The summed E-state index contributed by atoms with van der Waals surface area (Å²) in [7, 11) is 0. The van der Waals surface area contributed by atoms with Gasteiger partial charge in [0.1, 0.15) is 5.82 Å². The molecule has 3 aromatic rings. The van der Waals surface area contributed by atoms with E-state index in [0.717, 1.165) is 17.3 Å². The molecule has 2 aromatic carbocycles. The van der Waals surface area contributed by atoms with Crippen molar-refractivity contribution in [1.29, 1.82) is 0 Å².